The van der Waals surface area contributed by atoms with Crippen molar-refractivity contribution in [1.82, 2.24) is 0 Å². The minimum Gasteiger partial charge on any atom is -0.381 e. The predicted octanol–water partition coefficient (Wildman–Crippen LogP) is 3.87. The van der Waals surface area contributed by atoms with Gasteiger partial charge in [-0.05, 0) is 46.8 Å². The number of hydrogen-bond donors (Lipinski definition) is 1. The Bertz CT molecular complexity index is 387. The fourth-order valence-corrected chi connectivity index (χ4v) is 2.47. The molecule has 0 aliphatic heterocycles. The molecule has 1 N–H and O–H groups in total. The first-order valence-corrected chi connectivity index (χ1v) is 7.16. The highest BCUT2D eigenvalue weighted by atomic mass is 79.9. The van der Waals surface area contributed by atoms with Crippen molar-refractivity contribution in [3.8, 4) is 6.07 Å². The summed E-state index contributed by atoms with van der Waals surface area (Å²) in [5, 5.41) is 12.2. The fraction of sp³-hybridized carbons (Fsp3) is 0.417. The lowest BCUT2D eigenvalue weighted by Crippen LogP contribution is -2.18. The van der Waals surface area contributed by atoms with Crippen LogP contribution in [0.4, 0.5) is 5.69 Å². The van der Waals surface area contributed by atoms with Crippen molar-refractivity contribution >= 4 is 33.4 Å². The molecule has 0 bridgehead atoms. The van der Waals surface area contributed by atoms with Crippen molar-refractivity contribution < 1.29 is 0 Å². The van der Waals surface area contributed by atoms with Crippen LogP contribution < -0.4 is 5.32 Å². The first-order valence-electron chi connectivity index (χ1n) is 5.21. The van der Waals surface area contributed by atoms with Gasteiger partial charge < -0.3 is 5.32 Å². The fourth-order valence-electron chi connectivity index (χ4n) is 1.30. The topological polar surface area (TPSA) is 35.8 Å². The minimum absolute atomic E-state index is 0.425. The largest absolute Gasteiger partial charge is 0.381 e. The van der Waals surface area contributed by atoms with Crippen LogP contribution in [0, 0.1) is 11.3 Å². The highest BCUT2D eigenvalue weighted by molar-refractivity contribution is 9.10. The van der Waals surface area contributed by atoms with E-state index in [4.69, 9.17) is 5.26 Å². The SMILES string of the molecule is CCSCC(C)Nc1ccc(C#N)cc1Br. The zero-order chi connectivity index (χ0) is 12.0. The molecule has 0 aliphatic rings. The van der Waals surface area contributed by atoms with E-state index in [0.29, 0.717) is 11.6 Å². The zero-order valence-electron chi connectivity index (χ0n) is 9.46. The zero-order valence-corrected chi connectivity index (χ0v) is 11.9. The second-order valence-electron chi connectivity index (χ2n) is 3.51. The number of nitrogens with zero attached hydrogens (tertiary/aromatic N) is 1. The Morgan fingerprint density at radius 2 is 2.31 bits per heavy atom. The smallest absolute Gasteiger partial charge is 0.0992 e. The van der Waals surface area contributed by atoms with Gasteiger partial charge in [0, 0.05) is 22.0 Å². The van der Waals surface area contributed by atoms with Crippen LogP contribution in [-0.2, 0) is 0 Å². The molecule has 0 saturated carbocycles. The minimum atomic E-state index is 0.425. The van der Waals surface area contributed by atoms with E-state index in [0.717, 1.165) is 21.7 Å². The maximum Gasteiger partial charge on any atom is 0.0992 e. The van der Waals surface area contributed by atoms with Gasteiger partial charge in [0.2, 0.25) is 0 Å². The van der Waals surface area contributed by atoms with Crippen molar-refractivity contribution in [2.24, 2.45) is 0 Å². The van der Waals surface area contributed by atoms with Gasteiger partial charge in [0.1, 0.15) is 0 Å². The second kappa shape index (κ2) is 6.82. The molecule has 1 aromatic carbocycles. The molecular weight excluding hydrogens is 284 g/mol. The van der Waals surface area contributed by atoms with E-state index in [-0.39, 0.29) is 0 Å². The molecule has 86 valence electrons. The summed E-state index contributed by atoms with van der Waals surface area (Å²) in [4.78, 5) is 0. The van der Waals surface area contributed by atoms with Crippen LogP contribution in [0.2, 0.25) is 0 Å². The summed E-state index contributed by atoms with van der Waals surface area (Å²) in [6.07, 6.45) is 0. The molecular formula is C12H15BrN2S. The third-order valence-corrected chi connectivity index (χ3v) is 3.87. The Labute approximate surface area is 110 Å². The lowest BCUT2D eigenvalue weighted by atomic mass is 10.2. The second-order valence-corrected chi connectivity index (χ2v) is 5.68. The Balaban J connectivity index is 2.64. The number of halogens is 1. The van der Waals surface area contributed by atoms with E-state index >= 15 is 0 Å². The predicted molar refractivity (Wildman–Crippen MR) is 74.9 cm³/mol. The molecule has 16 heavy (non-hydrogen) atoms. The van der Waals surface area contributed by atoms with Crippen molar-refractivity contribution in [3.63, 3.8) is 0 Å². The molecule has 0 aromatic heterocycles. The van der Waals surface area contributed by atoms with E-state index < -0.39 is 0 Å². The number of nitrogens with one attached hydrogen (secondary N) is 1. The van der Waals surface area contributed by atoms with E-state index in [1.54, 1.807) is 0 Å². The van der Waals surface area contributed by atoms with Gasteiger partial charge >= 0.3 is 0 Å². The van der Waals surface area contributed by atoms with Crippen LogP contribution in [0.25, 0.3) is 0 Å². The van der Waals surface area contributed by atoms with Crippen LogP contribution in [0.5, 0.6) is 0 Å². The summed E-state index contributed by atoms with van der Waals surface area (Å²) >= 11 is 5.38. The lowest BCUT2D eigenvalue weighted by molar-refractivity contribution is 0.912. The van der Waals surface area contributed by atoms with Gasteiger partial charge in [0.05, 0.1) is 11.6 Å². The number of benzene rings is 1. The summed E-state index contributed by atoms with van der Waals surface area (Å²) in [7, 11) is 0. The van der Waals surface area contributed by atoms with Crippen LogP contribution in [0.3, 0.4) is 0 Å². The molecule has 1 atom stereocenters. The van der Waals surface area contributed by atoms with Gasteiger partial charge in [0.25, 0.3) is 0 Å². The van der Waals surface area contributed by atoms with Crippen molar-refractivity contribution in [2.45, 2.75) is 19.9 Å². The van der Waals surface area contributed by atoms with Crippen LogP contribution >= 0.6 is 27.7 Å². The summed E-state index contributed by atoms with van der Waals surface area (Å²) < 4.78 is 0.944. The molecule has 0 aliphatic carbocycles. The average Bonchev–Trinajstić information content (AvgIpc) is 2.29. The number of nitriles is 1. The Hall–Kier alpha value is -0.660. The first-order chi connectivity index (χ1) is 7.67. The molecule has 1 aromatic rings. The van der Waals surface area contributed by atoms with Gasteiger partial charge in [-0.25, -0.2) is 0 Å². The highest BCUT2D eigenvalue weighted by Crippen LogP contribution is 2.24. The van der Waals surface area contributed by atoms with Gasteiger partial charge in [-0.3, -0.25) is 0 Å². The maximum absolute atomic E-state index is 8.76. The van der Waals surface area contributed by atoms with Gasteiger partial charge in [-0.15, -0.1) is 0 Å². The number of rotatable bonds is 5. The molecule has 0 fully saturated rings. The monoisotopic (exact) mass is 298 g/mol. The molecule has 1 unspecified atom stereocenters. The molecule has 1 rings (SSSR count). The van der Waals surface area contributed by atoms with Crippen molar-refractivity contribution in [3.05, 3.63) is 28.2 Å². The lowest BCUT2D eigenvalue weighted by Gasteiger charge is -2.15. The number of hydrogen-bond acceptors (Lipinski definition) is 3. The van der Waals surface area contributed by atoms with Crippen LogP contribution in [-0.4, -0.2) is 17.5 Å². The quantitative estimate of drug-likeness (QED) is 0.896. The summed E-state index contributed by atoms with van der Waals surface area (Å²) in [5.74, 6) is 2.23. The van der Waals surface area contributed by atoms with Crippen molar-refractivity contribution in [1.29, 1.82) is 5.26 Å². The van der Waals surface area contributed by atoms with E-state index in [9.17, 15) is 0 Å². The van der Waals surface area contributed by atoms with Crippen LogP contribution in [0.15, 0.2) is 22.7 Å². The molecule has 0 saturated heterocycles. The van der Waals surface area contributed by atoms with E-state index in [1.807, 2.05) is 30.0 Å². The molecule has 2 nitrogen and oxygen atoms in total. The standard InChI is InChI=1S/C12H15BrN2S/c1-3-16-8-9(2)15-12-5-4-10(7-14)6-11(12)13/h4-6,9,15H,3,8H2,1-2H3. The average molecular weight is 299 g/mol. The first kappa shape index (κ1) is 13.4. The number of thioether (sulfide) groups is 1. The molecule has 0 heterocycles. The summed E-state index contributed by atoms with van der Waals surface area (Å²) in [6.45, 7) is 4.32. The Kier molecular flexibility index (Phi) is 5.72. The Morgan fingerprint density at radius 3 is 2.88 bits per heavy atom. The van der Waals surface area contributed by atoms with E-state index in [2.05, 4.69) is 41.2 Å². The van der Waals surface area contributed by atoms with E-state index in [1.165, 1.54) is 0 Å². The normalized spacial score (nSPS) is 11.9. The summed E-state index contributed by atoms with van der Waals surface area (Å²) in [6, 6.07) is 8.15. The molecule has 0 spiro atoms. The van der Waals surface area contributed by atoms with Gasteiger partial charge in [-0.1, -0.05) is 6.92 Å². The van der Waals surface area contributed by atoms with Gasteiger partial charge in [-0.2, -0.15) is 17.0 Å². The summed E-state index contributed by atoms with van der Waals surface area (Å²) in [5.41, 5.74) is 1.72. The molecule has 0 radical (unpaired) electrons. The third-order valence-electron chi connectivity index (χ3n) is 2.07. The van der Waals surface area contributed by atoms with Crippen molar-refractivity contribution in [2.75, 3.05) is 16.8 Å². The van der Waals surface area contributed by atoms with Crippen LogP contribution in [0.1, 0.15) is 19.4 Å². The van der Waals surface area contributed by atoms with Gasteiger partial charge in [0.15, 0.2) is 0 Å². The Morgan fingerprint density at radius 1 is 1.56 bits per heavy atom. The molecule has 4 heteroatoms. The third kappa shape index (κ3) is 4.07. The highest BCUT2D eigenvalue weighted by Gasteiger charge is 2.05. The molecule has 0 amide bonds. The maximum atomic E-state index is 8.76. The number of anilines is 1.